The minimum atomic E-state index is -0.470. The fraction of sp³-hybridized carbons (Fsp3) is 0.462. The number of amides is 1. The first-order valence-corrected chi connectivity index (χ1v) is 6.05. The first kappa shape index (κ1) is 13.8. The Kier molecular flexibility index (Phi) is 4.82. The average Bonchev–Trinajstić information content (AvgIpc) is 2.24. The smallest absolute Gasteiger partial charge is 0.407 e. The van der Waals surface area contributed by atoms with E-state index in [1.807, 2.05) is 45.0 Å². The van der Waals surface area contributed by atoms with Gasteiger partial charge in [0.25, 0.3) is 0 Å². The van der Waals surface area contributed by atoms with Gasteiger partial charge in [-0.2, -0.15) is 0 Å². The molecule has 0 aliphatic carbocycles. The Morgan fingerprint density at radius 1 is 1.35 bits per heavy atom. The van der Waals surface area contributed by atoms with Crippen LogP contribution in [0.1, 0.15) is 31.9 Å². The number of benzene rings is 1. The van der Waals surface area contributed by atoms with Crippen molar-refractivity contribution in [2.75, 3.05) is 0 Å². The molecule has 0 saturated heterocycles. The third kappa shape index (κ3) is 5.59. The summed E-state index contributed by atoms with van der Waals surface area (Å²) in [5.41, 5.74) is 1.58. The molecule has 0 aliphatic heterocycles. The molecule has 1 amide bonds. The Hall–Kier alpha value is -1.22. The van der Waals surface area contributed by atoms with Gasteiger partial charge in [0.2, 0.25) is 0 Å². The zero-order chi connectivity index (χ0) is 12.9. The van der Waals surface area contributed by atoms with Crippen molar-refractivity contribution in [2.24, 2.45) is 0 Å². The van der Waals surface area contributed by atoms with Gasteiger partial charge in [-0.1, -0.05) is 24.3 Å². The van der Waals surface area contributed by atoms with Gasteiger partial charge < -0.3 is 10.1 Å². The lowest BCUT2D eigenvalue weighted by Gasteiger charge is -2.19. The molecular formula is C13H18ClNO2. The van der Waals surface area contributed by atoms with Crippen molar-refractivity contribution < 1.29 is 9.53 Å². The molecule has 0 unspecified atom stereocenters. The minimum absolute atomic E-state index is 0.409. The lowest BCUT2D eigenvalue weighted by molar-refractivity contribution is 0.0523. The van der Waals surface area contributed by atoms with Crippen LogP contribution in [0.15, 0.2) is 24.3 Å². The van der Waals surface area contributed by atoms with Gasteiger partial charge in [-0.05, 0) is 31.9 Å². The molecule has 3 nitrogen and oxygen atoms in total. The Balaban J connectivity index is 2.47. The number of nitrogens with one attached hydrogen (secondary N) is 1. The number of alkyl carbamates (subject to hydrolysis) is 1. The van der Waals surface area contributed by atoms with Crippen LogP contribution in [0.25, 0.3) is 0 Å². The molecule has 0 heterocycles. The van der Waals surface area contributed by atoms with Gasteiger partial charge in [-0.3, -0.25) is 0 Å². The molecule has 0 spiro atoms. The van der Waals surface area contributed by atoms with Crippen molar-refractivity contribution in [3.05, 3.63) is 35.4 Å². The van der Waals surface area contributed by atoms with Crippen molar-refractivity contribution in [2.45, 2.75) is 38.8 Å². The first-order valence-electron chi connectivity index (χ1n) is 5.51. The van der Waals surface area contributed by atoms with E-state index in [0.717, 1.165) is 11.1 Å². The largest absolute Gasteiger partial charge is 0.444 e. The molecular weight excluding hydrogens is 238 g/mol. The highest BCUT2D eigenvalue weighted by Gasteiger charge is 2.15. The highest BCUT2D eigenvalue weighted by Crippen LogP contribution is 2.09. The summed E-state index contributed by atoms with van der Waals surface area (Å²) in [6.07, 6.45) is -0.409. The summed E-state index contributed by atoms with van der Waals surface area (Å²) in [7, 11) is 0. The third-order valence-corrected chi connectivity index (χ3v) is 2.29. The summed E-state index contributed by atoms with van der Waals surface area (Å²) < 4.78 is 5.14. The summed E-state index contributed by atoms with van der Waals surface area (Å²) in [6, 6.07) is 7.77. The fourth-order valence-corrected chi connectivity index (χ4v) is 1.48. The van der Waals surface area contributed by atoms with E-state index in [0.29, 0.717) is 12.4 Å². The Bertz CT molecular complexity index is 385. The van der Waals surface area contributed by atoms with E-state index < -0.39 is 11.7 Å². The van der Waals surface area contributed by atoms with Gasteiger partial charge in [0, 0.05) is 12.4 Å². The summed E-state index contributed by atoms with van der Waals surface area (Å²) in [5, 5.41) is 2.70. The van der Waals surface area contributed by atoms with Crippen LogP contribution in [0.5, 0.6) is 0 Å². The Morgan fingerprint density at radius 3 is 2.59 bits per heavy atom. The summed E-state index contributed by atoms with van der Waals surface area (Å²) in [6.45, 7) is 5.95. The molecule has 0 aliphatic rings. The van der Waals surface area contributed by atoms with E-state index in [1.54, 1.807) is 0 Å². The predicted molar refractivity (Wildman–Crippen MR) is 69.1 cm³/mol. The second kappa shape index (κ2) is 5.92. The van der Waals surface area contributed by atoms with Crippen LogP contribution in [0.3, 0.4) is 0 Å². The number of ether oxygens (including phenoxy) is 1. The van der Waals surface area contributed by atoms with Gasteiger partial charge in [0.05, 0.1) is 0 Å². The highest BCUT2D eigenvalue weighted by atomic mass is 35.5. The number of hydrogen-bond acceptors (Lipinski definition) is 2. The molecule has 1 aromatic carbocycles. The van der Waals surface area contributed by atoms with E-state index in [-0.39, 0.29) is 0 Å². The normalized spacial score (nSPS) is 11.1. The van der Waals surface area contributed by atoms with Crippen LogP contribution >= 0.6 is 11.6 Å². The van der Waals surface area contributed by atoms with Crippen LogP contribution in [-0.2, 0) is 17.2 Å². The van der Waals surface area contributed by atoms with Gasteiger partial charge >= 0.3 is 6.09 Å². The second-order valence-electron chi connectivity index (χ2n) is 4.81. The molecule has 4 heteroatoms. The molecule has 0 atom stereocenters. The molecule has 1 aromatic rings. The maximum atomic E-state index is 11.4. The molecule has 0 saturated carbocycles. The Labute approximate surface area is 107 Å². The second-order valence-corrected chi connectivity index (χ2v) is 5.08. The zero-order valence-electron chi connectivity index (χ0n) is 10.4. The van der Waals surface area contributed by atoms with E-state index in [9.17, 15) is 4.79 Å². The van der Waals surface area contributed by atoms with E-state index in [2.05, 4.69) is 5.32 Å². The van der Waals surface area contributed by atoms with E-state index >= 15 is 0 Å². The summed E-state index contributed by atoms with van der Waals surface area (Å²) >= 11 is 5.74. The number of halogens is 1. The van der Waals surface area contributed by atoms with Crippen molar-refractivity contribution in [1.29, 1.82) is 0 Å². The van der Waals surface area contributed by atoms with Crippen LogP contribution in [-0.4, -0.2) is 11.7 Å². The number of alkyl halides is 1. The number of rotatable bonds is 3. The zero-order valence-corrected chi connectivity index (χ0v) is 11.2. The third-order valence-electron chi connectivity index (χ3n) is 1.98. The lowest BCUT2D eigenvalue weighted by atomic mass is 10.1. The van der Waals surface area contributed by atoms with Crippen LogP contribution in [0, 0.1) is 0 Å². The van der Waals surface area contributed by atoms with Crippen molar-refractivity contribution in [3.8, 4) is 0 Å². The maximum Gasteiger partial charge on any atom is 0.407 e. The van der Waals surface area contributed by atoms with Gasteiger partial charge in [0.1, 0.15) is 5.60 Å². The van der Waals surface area contributed by atoms with E-state index in [1.165, 1.54) is 0 Å². The molecule has 1 rings (SSSR count). The van der Waals surface area contributed by atoms with E-state index in [4.69, 9.17) is 16.3 Å². The number of carbonyl (C=O) groups excluding carboxylic acids is 1. The number of hydrogen-bond donors (Lipinski definition) is 1. The van der Waals surface area contributed by atoms with Gasteiger partial charge in [0.15, 0.2) is 0 Å². The van der Waals surface area contributed by atoms with Gasteiger partial charge in [-0.25, -0.2) is 4.79 Å². The average molecular weight is 256 g/mol. The quantitative estimate of drug-likeness (QED) is 0.840. The Morgan fingerprint density at radius 2 is 2.00 bits per heavy atom. The van der Waals surface area contributed by atoms with Crippen LogP contribution in [0.4, 0.5) is 4.79 Å². The molecule has 0 fully saturated rings. The molecule has 0 aromatic heterocycles. The maximum absolute atomic E-state index is 11.4. The molecule has 17 heavy (non-hydrogen) atoms. The highest BCUT2D eigenvalue weighted by molar-refractivity contribution is 6.17. The number of carbonyl (C=O) groups is 1. The molecule has 0 radical (unpaired) electrons. The minimum Gasteiger partial charge on any atom is -0.444 e. The molecule has 0 bridgehead atoms. The van der Waals surface area contributed by atoms with Crippen molar-refractivity contribution in [1.82, 2.24) is 5.32 Å². The van der Waals surface area contributed by atoms with Crippen molar-refractivity contribution in [3.63, 3.8) is 0 Å². The van der Waals surface area contributed by atoms with Crippen LogP contribution in [0.2, 0.25) is 0 Å². The van der Waals surface area contributed by atoms with Crippen LogP contribution < -0.4 is 5.32 Å². The van der Waals surface area contributed by atoms with Crippen molar-refractivity contribution >= 4 is 17.7 Å². The first-order chi connectivity index (χ1) is 7.90. The lowest BCUT2D eigenvalue weighted by Crippen LogP contribution is -2.32. The predicted octanol–water partition coefficient (Wildman–Crippen LogP) is 3.45. The SMILES string of the molecule is CC(C)(C)OC(=O)NCc1cccc(CCl)c1. The monoisotopic (exact) mass is 255 g/mol. The molecule has 1 N–H and O–H groups in total. The fourth-order valence-electron chi connectivity index (χ4n) is 1.31. The standard InChI is InChI=1S/C13H18ClNO2/c1-13(2,3)17-12(16)15-9-11-6-4-5-10(7-11)8-14/h4-7H,8-9H2,1-3H3,(H,15,16). The van der Waals surface area contributed by atoms with Gasteiger partial charge in [-0.15, -0.1) is 11.6 Å². The topological polar surface area (TPSA) is 38.3 Å². The summed E-state index contributed by atoms with van der Waals surface area (Å²) in [4.78, 5) is 11.4. The summed E-state index contributed by atoms with van der Waals surface area (Å²) in [5.74, 6) is 0.472. The molecule has 94 valence electrons.